The van der Waals surface area contributed by atoms with E-state index in [4.69, 9.17) is 0 Å². The van der Waals surface area contributed by atoms with Gasteiger partial charge in [-0.2, -0.15) is 0 Å². The van der Waals surface area contributed by atoms with Crippen LogP contribution in [0.4, 0.5) is 0 Å². The monoisotopic (exact) mass is 136 g/mol. The number of H-pyrrole nitrogens is 2. The molecule has 0 atom stereocenters. The summed E-state index contributed by atoms with van der Waals surface area (Å²) in [5.41, 5.74) is 0.562. The molecule has 4 heteroatoms. The quantitative estimate of drug-likeness (QED) is 0.523. The molecule has 0 bridgehead atoms. The number of carbonyl (C=O) groups excluding carboxylic acids is 1. The molecule has 0 fully saturated rings. The minimum Gasteiger partial charge on any atom is -0.294 e. The van der Waals surface area contributed by atoms with Crippen molar-refractivity contribution < 1.29 is 4.79 Å². The van der Waals surface area contributed by atoms with E-state index in [1.54, 1.807) is 0 Å². The summed E-state index contributed by atoms with van der Waals surface area (Å²) in [5.74, 6) is -0.145. The van der Waals surface area contributed by atoms with Crippen LogP contribution in [0.3, 0.4) is 0 Å². The number of hydrogen-bond donors (Lipinski definition) is 2. The second kappa shape index (κ2) is 1.47. The third kappa shape index (κ3) is 0.452. The SMILES string of the molecule is O=C1C=Cc2c1[nH][nH]c2=O. The summed E-state index contributed by atoms with van der Waals surface area (Å²) in [4.78, 5) is 21.6. The zero-order chi connectivity index (χ0) is 7.14. The molecule has 0 unspecified atom stereocenters. The van der Waals surface area contributed by atoms with Gasteiger partial charge in [-0.3, -0.25) is 19.8 Å². The minimum absolute atomic E-state index is 0.145. The van der Waals surface area contributed by atoms with Crippen molar-refractivity contribution in [3.63, 3.8) is 0 Å². The standard InChI is InChI=1S/C6H4N2O2/c9-4-2-1-3-5(4)7-8-6(3)10/h1-2H,(H2,7,8,10). The Bertz CT molecular complexity index is 369. The van der Waals surface area contributed by atoms with Crippen LogP contribution in [0, 0.1) is 0 Å². The summed E-state index contributed by atoms with van der Waals surface area (Å²) in [6.45, 7) is 0. The molecule has 1 aliphatic carbocycles. The van der Waals surface area contributed by atoms with Crippen molar-refractivity contribution in [2.45, 2.75) is 0 Å². The topological polar surface area (TPSA) is 65.7 Å². The maximum atomic E-state index is 10.8. The second-order valence-corrected chi connectivity index (χ2v) is 2.07. The van der Waals surface area contributed by atoms with Gasteiger partial charge < -0.3 is 0 Å². The van der Waals surface area contributed by atoms with Gasteiger partial charge in [0.15, 0.2) is 0 Å². The molecule has 50 valence electrons. The van der Waals surface area contributed by atoms with Gasteiger partial charge in [-0.1, -0.05) is 0 Å². The molecule has 10 heavy (non-hydrogen) atoms. The Balaban J connectivity index is 2.85. The largest absolute Gasteiger partial charge is 0.294 e. The number of aromatic amines is 2. The van der Waals surface area contributed by atoms with Crippen LogP contribution in [0.25, 0.3) is 6.08 Å². The molecule has 1 heterocycles. The molecule has 0 aliphatic heterocycles. The number of hydrogen-bond acceptors (Lipinski definition) is 2. The van der Waals surface area contributed by atoms with Crippen molar-refractivity contribution in [3.8, 4) is 0 Å². The van der Waals surface area contributed by atoms with Crippen LogP contribution in [0.5, 0.6) is 0 Å². The van der Waals surface area contributed by atoms with Crippen LogP contribution in [-0.4, -0.2) is 16.0 Å². The highest BCUT2D eigenvalue weighted by Gasteiger charge is 2.17. The Morgan fingerprint density at radius 2 is 1.90 bits per heavy atom. The van der Waals surface area contributed by atoms with Crippen molar-refractivity contribution in [1.29, 1.82) is 0 Å². The van der Waals surface area contributed by atoms with Crippen molar-refractivity contribution in [3.05, 3.63) is 27.7 Å². The van der Waals surface area contributed by atoms with E-state index in [2.05, 4.69) is 10.2 Å². The lowest BCUT2D eigenvalue weighted by molar-refractivity contribution is 0.104. The van der Waals surface area contributed by atoms with Crippen LogP contribution in [0.15, 0.2) is 10.9 Å². The van der Waals surface area contributed by atoms with E-state index in [1.807, 2.05) is 0 Å². The molecule has 2 N–H and O–H groups in total. The normalized spacial score (nSPS) is 14.2. The Kier molecular flexibility index (Phi) is 0.768. The number of allylic oxidation sites excluding steroid dienone is 1. The van der Waals surface area contributed by atoms with Crippen LogP contribution < -0.4 is 5.56 Å². The molecule has 0 saturated carbocycles. The van der Waals surface area contributed by atoms with Gasteiger partial charge in [-0.15, -0.1) is 0 Å². The number of aromatic nitrogens is 2. The Labute approximate surface area is 55.6 Å². The van der Waals surface area contributed by atoms with E-state index < -0.39 is 0 Å². The first-order chi connectivity index (χ1) is 4.79. The minimum atomic E-state index is -0.239. The summed E-state index contributed by atoms with van der Waals surface area (Å²) in [6.07, 6.45) is 2.88. The average molecular weight is 136 g/mol. The lowest BCUT2D eigenvalue weighted by Crippen LogP contribution is -2.00. The highest BCUT2D eigenvalue weighted by atomic mass is 16.1. The Hall–Kier alpha value is -1.58. The molecule has 0 radical (unpaired) electrons. The molecule has 2 rings (SSSR count). The van der Waals surface area contributed by atoms with Crippen molar-refractivity contribution in [2.24, 2.45) is 0 Å². The third-order valence-electron chi connectivity index (χ3n) is 1.46. The van der Waals surface area contributed by atoms with E-state index in [1.165, 1.54) is 12.2 Å². The molecule has 1 aromatic rings. The maximum Gasteiger partial charge on any atom is 0.271 e. The highest BCUT2D eigenvalue weighted by Crippen LogP contribution is 2.10. The second-order valence-electron chi connectivity index (χ2n) is 2.07. The summed E-state index contributed by atoms with van der Waals surface area (Å²) < 4.78 is 0. The molecule has 0 aromatic carbocycles. The van der Waals surface area contributed by atoms with Crippen LogP contribution in [0.1, 0.15) is 16.1 Å². The van der Waals surface area contributed by atoms with Gasteiger partial charge in [0.05, 0.1) is 5.56 Å². The first kappa shape index (κ1) is 5.22. The lowest BCUT2D eigenvalue weighted by atomic mass is 10.3. The predicted molar refractivity (Wildman–Crippen MR) is 34.8 cm³/mol. The van der Waals surface area contributed by atoms with E-state index in [0.29, 0.717) is 11.3 Å². The molecule has 0 saturated heterocycles. The summed E-state index contributed by atoms with van der Waals surface area (Å²) in [6, 6.07) is 0. The van der Waals surface area contributed by atoms with E-state index in [9.17, 15) is 9.59 Å². The van der Waals surface area contributed by atoms with Gasteiger partial charge in [0.2, 0.25) is 5.78 Å². The maximum absolute atomic E-state index is 10.8. The Morgan fingerprint density at radius 1 is 1.10 bits per heavy atom. The first-order valence-corrected chi connectivity index (χ1v) is 2.82. The van der Waals surface area contributed by atoms with Crippen LogP contribution in [-0.2, 0) is 0 Å². The van der Waals surface area contributed by atoms with E-state index in [0.717, 1.165) is 0 Å². The molecule has 1 aromatic heterocycles. The van der Waals surface area contributed by atoms with Gasteiger partial charge in [0.25, 0.3) is 5.56 Å². The fourth-order valence-corrected chi connectivity index (χ4v) is 0.963. The number of carbonyl (C=O) groups is 1. The zero-order valence-corrected chi connectivity index (χ0v) is 4.97. The van der Waals surface area contributed by atoms with E-state index in [-0.39, 0.29) is 11.3 Å². The van der Waals surface area contributed by atoms with Crippen molar-refractivity contribution >= 4 is 11.9 Å². The summed E-state index contributed by atoms with van der Waals surface area (Å²) in [7, 11) is 0. The van der Waals surface area contributed by atoms with Crippen LogP contribution >= 0.6 is 0 Å². The van der Waals surface area contributed by atoms with E-state index >= 15 is 0 Å². The fraction of sp³-hybridized carbons (Fsp3) is 0. The van der Waals surface area contributed by atoms with Gasteiger partial charge in [-0.05, 0) is 12.2 Å². The average Bonchev–Trinajstić information content (AvgIpc) is 2.41. The summed E-state index contributed by atoms with van der Waals surface area (Å²) in [5, 5.41) is 4.80. The number of nitrogens with one attached hydrogen (secondary N) is 2. The van der Waals surface area contributed by atoms with Gasteiger partial charge in [-0.25, -0.2) is 0 Å². The zero-order valence-electron chi connectivity index (χ0n) is 4.97. The smallest absolute Gasteiger partial charge is 0.271 e. The highest BCUT2D eigenvalue weighted by molar-refractivity contribution is 6.12. The van der Waals surface area contributed by atoms with Gasteiger partial charge in [0.1, 0.15) is 5.69 Å². The van der Waals surface area contributed by atoms with Gasteiger partial charge >= 0.3 is 0 Å². The number of ketones is 1. The molecular weight excluding hydrogens is 132 g/mol. The predicted octanol–water partition coefficient (Wildman–Crippen LogP) is -0.0875. The molecule has 0 amide bonds. The lowest BCUT2D eigenvalue weighted by Gasteiger charge is -1.79. The summed E-state index contributed by atoms with van der Waals surface area (Å²) >= 11 is 0. The van der Waals surface area contributed by atoms with Gasteiger partial charge in [0, 0.05) is 0 Å². The fourth-order valence-electron chi connectivity index (χ4n) is 0.963. The van der Waals surface area contributed by atoms with Crippen molar-refractivity contribution in [2.75, 3.05) is 0 Å². The van der Waals surface area contributed by atoms with Crippen molar-refractivity contribution in [1.82, 2.24) is 10.2 Å². The number of rotatable bonds is 0. The molecule has 4 nitrogen and oxygen atoms in total. The third-order valence-corrected chi connectivity index (χ3v) is 1.46. The Morgan fingerprint density at radius 3 is 2.60 bits per heavy atom. The number of fused-ring (bicyclic) bond motifs is 1. The van der Waals surface area contributed by atoms with Crippen LogP contribution in [0.2, 0.25) is 0 Å². The first-order valence-electron chi connectivity index (χ1n) is 2.82. The molecule has 1 aliphatic rings. The molecule has 0 spiro atoms. The molecular formula is C6H4N2O2.